The number of hydrogen-bond acceptors (Lipinski definition) is 4. The summed E-state index contributed by atoms with van der Waals surface area (Å²) >= 11 is 0. The molecule has 0 saturated carbocycles. The van der Waals surface area contributed by atoms with Gasteiger partial charge in [-0.25, -0.2) is 4.79 Å². The Morgan fingerprint density at radius 3 is 2.23 bits per heavy atom. The van der Waals surface area contributed by atoms with Gasteiger partial charge in [-0.1, -0.05) is 0 Å². The number of piperidine rings is 1. The zero-order valence-corrected chi connectivity index (χ0v) is 18.9. The number of alkyl carbamates (subject to hydrolysis) is 1. The summed E-state index contributed by atoms with van der Waals surface area (Å²) in [6.45, 7) is 8.29. The third-order valence-corrected chi connectivity index (χ3v) is 3.96. The minimum absolute atomic E-state index is 0. The fourth-order valence-corrected chi connectivity index (χ4v) is 2.70. The first kappa shape index (κ1) is 24.7. The lowest BCUT2D eigenvalue weighted by Gasteiger charge is -2.34. The number of aliphatic imine (C=N–C) groups is 1. The number of nitrogens with one attached hydrogen (secondary N) is 3. The van der Waals surface area contributed by atoms with Gasteiger partial charge in [-0.3, -0.25) is 9.79 Å². The number of halogens is 1. The molecule has 0 aliphatic carbocycles. The average molecular weight is 483 g/mol. The van der Waals surface area contributed by atoms with Gasteiger partial charge in [0.15, 0.2) is 5.96 Å². The van der Waals surface area contributed by atoms with Gasteiger partial charge in [-0.15, -0.1) is 24.0 Å². The molecule has 0 unspecified atom stereocenters. The molecule has 0 bridgehead atoms. The van der Waals surface area contributed by atoms with Crippen molar-refractivity contribution in [1.29, 1.82) is 0 Å². The van der Waals surface area contributed by atoms with Crippen LogP contribution in [0.15, 0.2) is 4.99 Å². The summed E-state index contributed by atoms with van der Waals surface area (Å²) in [4.78, 5) is 29.5. The van der Waals surface area contributed by atoms with Gasteiger partial charge >= 0.3 is 6.09 Å². The molecule has 0 atom stereocenters. The molecule has 3 N–H and O–H groups in total. The van der Waals surface area contributed by atoms with E-state index in [1.807, 2.05) is 20.8 Å². The topological polar surface area (TPSA) is 95.1 Å². The molecule has 8 nitrogen and oxygen atoms in total. The standard InChI is InChI=1S/C17H33N5O3.HI/c1-17(2,3)25-16(24)21-9-8-20-15(19-5)22-10-6-13(7-11-22)12-14(23)18-4;/h13H,6-12H2,1-5H3,(H,18,23)(H,19,20)(H,21,24);1H. The van der Waals surface area contributed by atoms with E-state index in [1.54, 1.807) is 14.1 Å². The van der Waals surface area contributed by atoms with E-state index in [1.165, 1.54) is 0 Å². The Morgan fingerprint density at radius 1 is 1.15 bits per heavy atom. The van der Waals surface area contributed by atoms with Gasteiger partial charge in [-0.05, 0) is 39.5 Å². The number of nitrogens with zero attached hydrogens (tertiary/aromatic N) is 2. The van der Waals surface area contributed by atoms with Gasteiger partial charge in [0.1, 0.15) is 5.60 Å². The summed E-state index contributed by atoms with van der Waals surface area (Å²) in [7, 11) is 3.43. The van der Waals surface area contributed by atoms with Crippen LogP contribution in [0.25, 0.3) is 0 Å². The van der Waals surface area contributed by atoms with Crippen molar-refractivity contribution in [2.75, 3.05) is 40.3 Å². The SMILES string of the molecule is CN=C(NCCNC(=O)OC(C)(C)C)N1CCC(CC(=O)NC)CC1.I. The van der Waals surface area contributed by atoms with Gasteiger partial charge < -0.3 is 25.6 Å². The Hall–Kier alpha value is -1.26. The lowest BCUT2D eigenvalue weighted by molar-refractivity contribution is -0.121. The summed E-state index contributed by atoms with van der Waals surface area (Å²) in [6, 6.07) is 0. The predicted octanol–water partition coefficient (Wildman–Crippen LogP) is 1.55. The van der Waals surface area contributed by atoms with Crippen LogP contribution >= 0.6 is 24.0 Å². The van der Waals surface area contributed by atoms with Crippen LogP contribution < -0.4 is 16.0 Å². The molecule has 1 aliphatic heterocycles. The molecule has 0 aromatic carbocycles. The highest BCUT2D eigenvalue weighted by molar-refractivity contribution is 14.0. The zero-order chi connectivity index (χ0) is 18.9. The van der Waals surface area contributed by atoms with Crippen molar-refractivity contribution < 1.29 is 14.3 Å². The molecule has 26 heavy (non-hydrogen) atoms. The first-order valence-corrected chi connectivity index (χ1v) is 8.88. The molecule has 0 spiro atoms. The minimum Gasteiger partial charge on any atom is -0.444 e. The second kappa shape index (κ2) is 12.2. The maximum Gasteiger partial charge on any atom is 0.407 e. The molecule has 1 fully saturated rings. The molecule has 1 aliphatic rings. The number of carbonyl (C=O) groups excluding carboxylic acids is 2. The van der Waals surface area contributed by atoms with Crippen LogP contribution in [0.2, 0.25) is 0 Å². The predicted molar refractivity (Wildman–Crippen MR) is 114 cm³/mol. The van der Waals surface area contributed by atoms with E-state index in [9.17, 15) is 9.59 Å². The third kappa shape index (κ3) is 10.0. The third-order valence-electron chi connectivity index (χ3n) is 3.96. The lowest BCUT2D eigenvalue weighted by atomic mass is 9.93. The van der Waals surface area contributed by atoms with Crippen molar-refractivity contribution in [3.8, 4) is 0 Å². The van der Waals surface area contributed by atoms with Crippen molar-refractivity contribution in [3.05, 3.63) is 0 Å². The van der Waals surface area contributed by atoms with E-state index in [0.29, 0.717) is 25.4 Å². The van der Waals surface area contributed by atoms with Gasteiger partial charge in [0.2, 0.25) is 5.91 Å². The first-order chi connectivity index (χ1) is 11.7. The van der Waals surface area contributed by atoms with E-state index >= 15 is 0 Å². The van der Waals surface area contributed by atoms with Gasteiger partial charge in [0, 0.05) is 46.7 Å². The molecule has 9 heteroatoms. The molecule has 0 radical (unpaired) electrons. The minimum atomic E-state index is -0.493. The van der Waals surface area contributed by atoms with Crippen LogP contribution in [0.5, 0.6) is 0 Å². The zero-order valence-electron chi connectivity index (χ0n) is 16.6. The van der Waals surface area contributed by atoms with E-state index in [2.05, 4.69) is 25.8 Å². The largest absolute Gasteiger partial charge is 0.444 e. The Balaban J connectivity index is 0.00000625. The molecular formula is C17H34IN5O3. The highest BCUT2D eigenvalue weighted by Gasteiger charge is 2.23. The fourth-order valence-electron chi connectivity index (χ4n) is 2.70. The van der Waals surface area contributed by atoms with E-state index < -0.39 is 11.7 Å². The number of ether oxygens (including phenoxy) is 1. The second-order valence-electron chi connectivity index (χ2n) is 7.21. The van der Waals surface area contributed by atoms with E-state index in [0.717, 1.165) is 31.9 Å². The fraction of sp³-hybridized carbons (Fsp3) is 0.824. The highest BCUT2D eigenvalue weighted by atomic mass is 127. The van der Waals surface area contributed by atoms with Crippen molar-refractivity contribution in [1.82, 2.24) is 20.9 Å². The van der Waals surface area contributed by atoms with Crippen LogP contribution in [0.4, 0.5) is 4.79 Å². The van der Waals surface area contributed by atoms with Crippen molar-refractivity contribution >= 4 is 41.9 Å². The molecule has 0 aromatic rings. The monoisotopic (exact) mass is 483 g/mol. The molecule has 1 rings (SSSR count). The smallest absolute Gasteiger partial charge is 0.407 e. The molecular weight excluding hydrogens is 449 g/mol. The highest BCUT2D eigenvalue weighted by Crippen LogP contribution is 2.20. The van der Waals surface area contributed by atoms with E-state index in [4.69, 9.17) is 4.74 Å². The summed E-state index contributed by atoms with van der Waals surface area (Å²) in [6.07, 6.45) is 2.13. The van der Waals surface area contributed by atoms with Crippen LogP contribution in [-0.4, -0.2) is 68.7 Å². The lowest BCUT2D eigenvalue weighted by Crippen LogP contribution is -2.47. The Labute approximate surface area is 173 Å². The molecule has 1 saturated heterocycles. The summed E-state index contributed by atoms with van der Waals surface area (Å²) < 4.78 is 5.19. The second-order valence-corrected chi connectivity index (χ2v) is 7.21. The molecule has 152 valence electrons. The summed E-state index contributed by atoms with van der Waals surface area (Å²) in [5.41, 5.74) is -0.493. The Morgan fingerprint density at radius 2 is 1.73 bits per heavy atom. The first-order valence-electron chi connectivity index (χ1n) is 8.88. The van der Waals surface area contributed by atoms with Gasteiger partial charge in [-0.2, -0.15) is 0 Å². The number of carbonyl (C=O) groups is 2. The van der Waals surface area contributed by atoms with Gasteiger partial charge in [0.05, 0.1) is 0 Å². The summed E-state index contributed by atoms with van der Waals surface area (Å²) in [5, 5.41) is 8.65. The van der Waals surface area contributed by atoms with Crippen molar-refractivity contribution in [3.63, 3.8) is 0 Å². The number of rotatable bonds is 5. The summed E-state index contributed by atoms with van der Waals surface area (Å²) in [5.74, 6) is 1.36. The number of guanidine groups is 1. The molecule has 2 amide bonds. The normalized spacial score (nSPS) is 15.7. The average Bonchev–Trinajstić information content (AvgIpc) is 2.54. The molecule has 0 aromatic heterocycles. The Bertz CT molecular complexity index is 472. The maximum atomic E-state index is 11.6. The van der Waals surface area contributed by atoms with Crippen molar-refractivity contribution in [2.45, 2.75) is 45.6 Å². The van der Waals surface area contributed by atoms with Crippen LogP contribution in [0, 0.1) is 5.92 Å². The van der Waals surface area contributed by atoms with Crippen molar-refractivity contribution in [2.24, 2.45) is 10.9 Å². The number of likely N-dealkylation sites (tertiary alicyclic amines) is 1. The maximum absolute atomic E-state index is 11.6. The Kier molecular flexibility index (Phi) is 11.6. The van der Waals surface area contributed by atoms with Gasteiger partial charge in [0.25, 0.3) is 0 Å². The van der Waals surface area contributed by atoms with Crippen LogP contribution in [-0.2, 0) is 9.53 Å². The van der Waals surface area contributed by atoms with Crippen LogP contribution in [0.1, 0.15) is 40.0 Å². The number of amides is 2. The van der Waals surface area contributed by atoms with Crippen LogP contribution in [0.3, 0.4) is 0 Å². The quantitative estimate of drug-likeness (QED) is 0.239. The van der Waals surface area contributed by atoms with E-state index in [-0.39, 0.29) is 29.9 Å². The molecule has 1 heterocycles. The number of hydrogen-bond donors (Lipinski definition) is 3.